The number of imidazole rings is 1. The first-order chi connectivity index (χ1) is 27.4. The predicted octanol–water partition coefficient (Wildman–Crippen LogP) is 4.85. The van der Waals surface area contributed by atoms with Crippen LogP contribution < -0.4 is 0 Å². The second-order valence-corrected chi connectivity index (χ2v) is 17.2. The lowest BCUT2D eigenvalue weighted by atomic mass is 9.75. The second kappa shape index (κ2) is 19.1. The van der Waals surface area contributed by atoms with Crippen molar-refractivity contribution in [2.24, 2.45) is 23.7 Å². The highest BCUT2D eigenvalue weighted by Crippen LogP contribution is 2.39. The molecule has 58 heavy (non-hydrogen) atoms. The number of hydrogen-bond acceptors (Lipinski definition) is 13. The van der Waals surface area contributed by atoms with Gasteiger partial charge in [0.05, 0.1) is 35.9 Å². The molecular formula is C43H65N5O10. The van der Waals surface area contributed by atoms with E-state index in [0.717, 1.165) is 17.0 Å². The number of fused-ring (bicyclic) bond motifs is 1. The summed E-state index contributed by atoms with van der Waals surface area (Å²) in [5.41, 5.74) is 1.42. The molecule has 3 saturated heterocycles. The molecule has 5 heterocycles. The van der Waals surface area contributed by atoms with Crippen LogP contribution in [0.1, 0.15) is 86.3 Å². The van der Waals surface area contributed by atoms with Crippen molar-refractivity contribution in [2.45, 2.75) is 149 Å². The smallest absolute Gasteiger partial charge is 0.410 e. The summed E-state index contributed by atoms with van der Waals surface area (Å²) in [4.78, 5) is 68.7. The van der Waals surface area contributed by atoms with Crippen LogP contribution in [0.25, 0.3) is 11.3 Å². The molecule has 322 valence electrons. The maximum Gasteiger partial charge on any atom is 0.410 e. The van der Waals surface area contributed by atoms with Gasteiger partial charge in [-0.15, -0.1) is 0 Å². The Morgan fingerprint density at radius 1 is 0.983 bits per heavy atom. The van der Waals surface area contributed by atoms with Gasteiger partial charge in [-0.25, -0.2) is 9.78 Å². The number of Topliss-reactive ketones (excluding diaryl/α,β-unsaturated/α-hetero) is 2. The molecule has 3 fully saturated rings. The van der Waals surface area contributed by atoms with Crippen LogP contribution in [-0.2, 0) is 44.6 Å². The van der Waals surface area contributed by atoms with E-state index in [1.165, 1.54) is 14.0 Å². The summed E-state index contributed by atoms with van der Waals surface area (Å²) in [6, 6.07) is 2.92. The average molecular weight is 812 g/mol. The molecule has 15 nitrogen and oxygen atoms in total. The molecule has 0 aliphatic carbocycles. The molecule has 3 aliphatic rings. The molecule has 2 aromatic rings. The van der Waals surface area contributed by atoms with Crippen LogP contribution in [0.4, 0.5) is 4.79 Å². The van der Waals surface area contributed by atoms with Gasteiger partial charge in [-0.2, -0.15) is 0 Å². The minimum atomic E-state index is -1.26. The number of carbonyl (C=O) groups excluding carboxylic acids is 4. The molecule has 1 amide bonds. The molecule has 3 aliphatic heterocycles. The Kier molecular flexibility index (Phi) is 14.9. The number of pyridine rings is 1. The SMILES string of the molecule is CC[C@H]1OC(=O)[C@H](C)C(=O)[C@H](C)[C@@H](OC2O[C@H](C)C[C@H](N(C)C)[C@H]2O)[C@@](C)(OC)C[C@@H](C)C(=O)[C@H](C)[C@H]2[C@@H]1OC(=O)N2CCCCn1cnc(-c2ccc(C)nc2)c1. The Bertz CT molecular complexity index is 1740. The fourth-order valence-electron chi connectivity index (χ4n) is 9.00. The van der Waals surface area contributed by atoms with Crippen molar-refractivity contribution >= 4 is 23.6 Å². The predicted molar refractivity (Wildman–Crippen MR) is 214 cm³/mol. The monoisotopic (exact) mass is 811 g/mol. The van der Waals surface area contributed by atoms with Crippen molar-refractivity contribution < 1.29 is 48.0 Å². The number of esters is 1. The number of rotatable bonds is 11. The van der Waals surface area contributed by atoms with Crippen LogP contribution in [0.3, 0.4) is 0 Å². The fourth-order valence-corrected chi connectivity index (χ4v) is 9.00. The standard InChI is InChI=1S/C43H65N5O10/c1-12-33-38-34(48(42(53)57-38)18-14-13-17-47-22-31(45-23-47)30-16-15-25(3)44-21-30)27(5)35(49)24(2)20-43(8,54-11)39(28(6)36(50)29(7)40(52)56-33)58-41-37(51)32(46(9)10)19-26(4)55-41/h15-16,21-24,26-29,32-34,37-39,41,51H,12-14,17-20H2,1-11H3/t24-,26-,27-,28+,29-,32+,33-,34+,37-,38-,39-,41?,43+/m1/s1. The number of nitrogens with zero attached hydrogens (tertiary/aromatic N) is 5. The van der Waals surface area contributed by atoms with Gasteiger partial charge in [0.1, 0.15) is 23.9 Å². The van der Waals surface area contributed by atoms with E-state index in [1.54, 1.807) is 38.2 Å². The number of methoxy groups -OCH3 is 1. The van der Waals surface area contributed by atoms with Crippen LogP contribution in [0.5, 0.6) is 0 Å². The van der Waals surface area contributed by atoms with E-state index < -0.39 is 83.9 Å². The quantitative estimate of drug-likeness (QED) is 0.186. The first-order valence-corrected chi connectivity index (χ1v) is 20.8. The summed E-state index contributed by atoms with van der Waals surface area (Å²) in [6.45, 7) is 15.2. The number of amides is 1. The van der Waals surface area contributed by atoms with Crippen molar-refractivity contribution in [2.75, 3.05) is 27.7 Å². The number of ketones is 2. The Balaban J connectivity index is 1.40. The van der Waals surface area contributed by atoms with E-state index >= 15 is 0 Å². The summed E-state index contributed by atoms with van der Waals surface area (Å²) < 4.78 is 32.9. The van der Waals surface area contributed by atoms with Gasteiger partial charge in [-0.05, 0) is 86.0 Å². The van der Waals surface area contributed by atoms with Gasteiger partial charge in [0.2, 0.25) is 0 Å². The highest BCUT2D eigenvalue weighted by atomic mass is 16.7. The highest BCUT2D eigenvalue weighted by molar-refractivity contribution is 6.00. The van der Waals surface area contributed by atoms with Crippen molar-refractivity contribution in [1.29, 1.82) is 0 Å². The molecule has 13 atom stereocenters. The minimum Gasteiger partial charge on any atom is -0.458 e. The van der Waals surface area contributed by atoms with E-state index in [4.69, 9.17) is 23.7 Å². The first kappa shape index (κ1) is 45.3. The van der Waals surface area contributed by atoms with Crippen molar-refractivity contribution in [3.05, 3.63) is 36.5 Å². The number of aryl methyl sites for hydroxylation is 2. The molecule has 1 N–H and O–H groups in total. The van der Waals surface area contributed by atoms with E-state index in [2.05, 4.69) is 9.97 Å². The topological polar surface area (TPSA) is 172 Å². The van der Waals surface area contributed by atoms with Crippen LogP contribution in [0, 0.1) is 30.6 Å². The van der Waals surface area contributed by atoms with Crippen LogP contribution in [0.2, 0.25) is 0 Å². The zero-order valence-corrected chi connectivity index (χ0v) is 36.1. The highest BCUT2D eigenvalue weighted by Gasteiger charge is 2.54. The Morgan fingerprint density at radius 3 is 2.33 bits per heavy atom. The van der Waals surface area contributed by atoms with E-state index in [1.807, 2.05) is 69.6 Å². The number of aliphatic hydroxyl groups is 1. The van der Waals surface area contributed by atoms with Gasteiger partial charge in [-0.3, -0.25) is 19.4 Å². The number of hydrogen-bond donors (Lipinski definition) is 1. The normalized spacial score (nSPS) is 35.4. The van der Waals surface area contributed by atoms with Gasteiger partial charge >= 0.3 is 12.1 Å². The van der Waals surface area contributed by atoms with E-state index in [0.29, 0.717) is 32.4 Å². The molecule has 5 rings (SSSR count). The first-order valence-electron chi connectivity index (χ1n) is 20.8. The molecule has 0 aromatic carbocycles. The number of ether oxygens (including phenoxy) is 5. The molecule has 0 spiro atoms. The molecule has 0 saturated carbocycles. The Morgan fingerprint density at radius 2 is 1.69 bits per heavy atom. The summed E-state index contributed by atoms with van der Waals surface area (Å²) >= 11 is 0. The number of likely N-dealkylation sites (N-methyl/N-ethyl adjacent to an activating group) is 1. The fraction of sp³-hybridized carbons (Fsp3) is 0.721. The number of cyclic esters (lactones) is 1. The molecule has 1 unspecified atom stereocenters. The van der Waals surface area contributed by atoms with Gasteiger partial charge in [0, 0.05) is 67.6 Å². The number of aliphatic hydroxyl groups excluding tert-OH is 1. The van der Waals surface area contributed by atoms with Crippen LogP contribution in [-0.4, -0.2) is 135 Å². The summed E-state index contributed by atoms with van der Waals surface area (Å²) in [6.07, 6.45) is 1.98. The van der Waals surface area contributed by atoms with Gasteiger partial charge in [-0.1, -0.05) is 27.7 Å². The van der Waals surface area contributed by atoms with Crippen LogP contribution >= 0.6 is 0 Å². The molecule has 0 radical (unpaired) electrons. The molecular weight excluding hydrogens is 746 g/mol. The zero-order chi connectivity index (χ0) is 42.6. The number of unbranched alkanes of at least 4 members (excludes halogenated alkanes) is 1. The van der Waals surface area contributed by atoms with Gasteiger partial charge < -0.3 is 43.2 Å². The third-order valence-corrected chi connectivity index (χ3v) is 12.6. The Labute approximate surface area is 343 Å². The van der Waals surface area contributed by atoms with Gasteiger partial charge in [0.25, 0.3) is 0 Å². The van der Waals surface area contributed by atoms with Crippen molar-refractivity contribution in [3.63, 3.8) is 0 Å². The third kappa shape index (κ3) is 9.81. The molecule has 2 aromatic heterocycles. The van der Waals surface area contributed by atoms with Gasteiger partial charge in [0.15, 0.2) is 18.2 Å². The van der Waals surface area contributed by atoms with Crippen molar-refractivity contribution in [3.8, 4) is 11.3 Å². The lowest BCUT2D eigenvalue weighted by molar-refractivity contribution is -0.295. The van der Waals surface area contributed by atoms with E-state index in [-0.39, 0.29) is 30.8 Å². The largest absolute Gasteiger partial charge is 0.458 e. The molecule has 0 bridgehead atoms. The zero-order valence-electron chi connectivity index (χ0n) is 36.1. The second-order valence-electron chi connectivity index (χ2n) is 17.2. The van der Waals surface area contributed by atoms with Crippen molar-refractivity contribution in [1.82, 2.24) is 24.3 Å². The lowest BCUT2D eigenvalue weighted by Crippen LogP contribution is -2.59. The summed E-state index contributed by atoms with van der Waals surface area (Å²) in [5, 5.41) is 11.4. The Hall–Kier alpha value is -3.76. The number of aromatic nitrogens is 3. The minimum absolute atomic E-state index is 0.137. The maximum absolute atomic E-state index is 14.6. The van der Waals surface area contributed by atoms with E-state index in [9.17, 15) is 24.3 Å². The average Bonchev–Trinajstić information content (AvgIpc) is 3.80. The maximum atomic E-state index is 14.6. The van der Waals surface area contributed by atoms with Crippen LogP contribution in [0.15, 0.2) is 30.9 Å². The molecule has 15 heteroatoms. The summed E-state index contributed by atoms with van der Waals surface area (Å²) in [7, 11) is 5.24. The summed E-state index contributed by atoms with van der Waals surface area (Å²) in [5.74, 6) is -4.86. The third-order valence-electron chi connectivity index (χ3n) is 12.6. The number of carbonyl (C=O) groups is 4. The lowest BCUT2D eigenvalue weighted by Gasteiger charge is -2.47.